The van der Waals surface area contributed by atoms with Gasteiger partial charge in [0.2, 0.25) is 11.8 Å². The second-order valence-corrected chi connectivity index (χ2v) is 10.9. The van der Waals surface area contributed by atoms with Gasteiger partial charge in [-0.15, -0.1) is 0 Å². The highest BCUT2D eigenvalue weighted by Gasteiger charge is 2.41. The fourth-order valence-electron chi connectivity index (χ4n) is 6.78. The molecule has 1 aromatic carbocycles. The van der Waals surface area contributed by atoms with Crippen LogP contribution in [0.25, 0.3) is 10.9 Å². The minimum Gasteiger partial charge on any atom is -0.316 e. The zero-order valence-corrected chi connectivity index (χ0v) is 19.6. The summed E-state index contributed by atoms with van der Waals surface area (Å²) in [5, 5.41) is 11.7. The van der Waals surface area contributed by atoms with Gasteiger partial charge in [0, 0.05) is 38.0 Å². The monoisotopic (exact) mass is 449 g/mol. The van der Waals surface area contributed by atoms with Crippen LogP contribution in [-0.4, -0.2) is 58.7 Å². The maximum Gasteiger partial charge on any atom is 0.235 e. The summed E-state index contributed by atoms with van der Waals surface area (Å²) in [5.41, 5.74) is 3.92. The molecule has 0 bridgehead atoms. The van der Waals surface area contributed by atoms with Crippen molar-refractivity contribution in [3.8, 4) is 0 Å². The van der Waals surface area contributed by atoms with Gasteiger partial charge >= 0.3 is 0 Å². The maximum absolute atomic E-state index is 12.4. The van der Waals surface area contributed by atoms with Gasteiger partial charge in [0.05, 0.1) is 17.1 Å². The Morgan fingerprint density at radius 2 is 1.79 bits per heavy atom. The first-order valence-corrected chi connectivity index (χ1v) is 12.8. The van der Waals surface area contributed by atoms with Crippen LogP contribution in [0.5, 0.6) is 0 Å². The molecule has 0 radical (unpaired) electrons. The maximum atomic E-state index is 12.4. The molecule has 6 rings (SSSR count). The third-order valence-corrected chi connectivity index (χ3v) is 9.01. The lowest BCUT2D eigenvalue weighted by molar-refractivity contribution is -0.134. The lowest BCUT2D eigenvalue weighted by Gasteiger charge is -2.50. The van der Waals surface area contributed by atoms with Crippen LogP contribution in [0, 0.1) is 5.41 Å². The summed E-state index contributed by atoms with van der Waals surface area (Å²) in [6.07, 6.45) is 8.89. The Bertz CT molecular complexity index is 1070. The molecule has 2 amide bonds. The summed E-state index contributed by atoms with van der Waals surface area (Å²) in [6.45, 7) is 4.88. The highest BCUT2D eigenvalue weighted by atomic mass is 16.2. The van der Waals surface area contributed by atoms with Crippen molar-refractivity contribution in [1.29, 1.82) is 0 Å². The number of hydrogen-bond acceptors (Lipinski definition) is 5. The average molecular weight is 450 g/mol. The van der Waals surface area contributed by atoms with Crippen molar-refractivity contribution >= 4 is 22.7 Å². The average Bonchev–Trinajstić information content (AvgIpc) is 3.14. The normalized spacial score (nSPS) is 27.1. The number of rotatable bonds is 3. The van der Waals surface area contributed by atoms with E-state index in [0.29, 0.717) is 24.2 Å². The van der Waals surface area contributed by atoms with Crippen molar-refractivity contribution in [3.63, 3.8) is 0 Å². The Morgan fingerprint density at radius 3 is 2.45 bits per heavy atom. The number of nitrogens with zero attached hydrogens (tertiary/aromatic N) is 3. The van der Waals surface area contributed by atoms with E-state index in [4.69, 9.17) is 5.10 Å². The van der Waals surface area contributed by atoms with E-state index in [1.165, 1.54) is 70.3 Å². The van der Waals surface area contributed by atoms with Gasteiger partial charge in [-0.3, -0.25) is 19.6 Å². The second kappa shape index (κ2) is 8.20. The number of piperidine rings is 2. The molecule has 2 aromatic rings. The van der Waals surface area contributed by atoms with Gasteiger partial charge in [0.15, 0.2) is 0 Å². The molecule has 4 heterocycles. The Labute approximate surface area is 195 Å². The quantitative estimate of drug-likeness (QED) is 0.705. The molecule has 1 atom stereocenters. The van der Waals surface area contributed by atoms with Crippen LogP contribution >= 0.6 is 0 Å². The first-order valence-electron chi connectivity index (χ1n) is 12.8. The largest absolute Gasteiger partial charge is 0.316 e. The molecule has 1 unspecified atom stereocenters. The number of amides is 2. The summed E-state index contributed by atoms with van der Waals surface area (Å²) in [7, 11) is 1.96. The molecular formula is C26H35N5O2. The van der Waals surface area contributed by atoms with E-state index in [1.807, 2.05) is 11.7 Å². The zero-order chi connectivity index (χ0) is 22.6. The number of hydrogen-bond donors (Lipinski definition) is 2. The van der Waals surface area contributed by atoms with Gasteiger partial charge < -0.3 is 10.2 Å². The van der Waals surface area contributed by atoms with Gasteiger partial charge in [-0.1, -0.05) is 12.1 Å². The fraction of sp³-hybridized carbons (Fsp3) is 0.654. The molecule has 3 saturated heterocycles. The SMILES string of the molecule is Cn1nc(C2CCC(=O)NC2=O)c2ccc(C3CCN(C4CCC5(CC4)CNC5)CC3)cc21. The van der Waals surface area contributed by atoms with Crippen LogP contribution in [0.15, 0.2) is 18.2 Å². The molecule has 7 nitrogen and oxygen atoms in total. The lowest BCUT2D eigenvalue weighted by Crippen LogP contribution is -2.57. The zero-order valence-electron chi connectivity index (χ0n) is 19.6. The van der Waals surface area contributed by atoms with Gasteiger partial charge in [0.25, 0.3) is 0 Å². The number of fused-ring (bicyclic) bond motifs is 1. The molecule has 1 saturated carbocycles. The lowest BCUT2D eigenvalue weighted by atomic mass is 9.68. The predicted molar refractivity (Wildman–Crippen MR) is 127 cm³/mol. The number of nitrogens with one attached hydrogen (secondary N) is 2. The van der Waals surface area contributed by atoms with E-state index in [-0.39, 0.29) is 17.7 Å². The first-order chi connectivity index (χ1) is 16.0. The number of aryl methyl sites for hydroxylation is 1. The highest BCUT2D eigenvalue weighted by molar-refractivity contribution is 6.02. The molecule has 1 spiro atoms. The number of carbonyl (C=O) groups excluding carboxylic acids is 2. The number of carbonyl (C=O) groups is 2. The summed E-state index contributed by atoms with van der Waals surface area (Å²) in [4.78, 5) is 26.7. The van der Waals surface area contributed by atoms with Crippen LogP contribution < -0.4 is 10.6 Å². The van der Waals surface area contributed by atoms with Crippen LogP contribution in [0.4, 0.5) is 0 Å². The third-order valence-electron chi connectivity index (χ3n) is 9.01. The minimum atomic E-state index is -0.342. The fourth-order valence-corrected chi connectivity index (χ4v) is 6.78. The van der Waals surface area contributed by atoms with Crippen LogP contribution in [-0.2, 0) is 16.6 Å². The van der Waals surface area contributed by atoms with Gasteiger partial charge in [0.1, 0.15) is 0 Å². The summed E-state index contributed by atoms with van der Waals surface area (Å²) < 4.78 is 1.90. The van der Waals surface area contributed by atoms with Crippen LogP contribution in [0.1, 0.15) is 74.5 Å². The Balaban J connectivity index is 1.13. The van der Waals surface area contributed by atoms with Gasteiger partial charge in [-0.25, -0.2) is 0 Å². The summed E-state index contributed by atoms with van der Waals surface area (Å²) in [6, 6.07) is 7.46. The van der Waals surface area contributed by atoms with E-state index in [2.05, 4.69) is 33.7 Å². The summed E-state index contributed by atoms with van der Waals surface area (Å²) >= 11 is 0. The molecular weight excluding hydrogens is 414 g/mol. The predicted octanol–water partition coefficient (Wildman–Crippen LogP) is 2.81. The molecule has 1 aromatic heterocycles. The van der Waals surface area contributed by atoms with E-state index >= 15 is 0 Å². The number of imide groups is 1. The topological polar surface area (TPSA) is 79.3 Å². The Kier molecular flexibility index (Phi) is 5.29. The minimum absolute atomic E-state index is 0.183. The Morgan fingerprint density at radius 1 is 1.03 bits per heavy atom. The first kappa shape index (κ1) is 21.3. The van der Waals surface area contributed by atoms with Crippen molar-refractivity contribution in [1.82, 2.24) is 25.3 Å². The van der Waals surface area contributed by atoms with Crippen LogP contribution in [0.3, 0.4) is 0 Å². The van der Waals surface area contributed by atoms with Crippen molar-refractivity contribution in [2.75, 3.05) is 26.2 Å². The highest BCUT2D eigenvalue weighted by Crippen LogP contribution is 2.42. The number of aromatic nitrogens is 2. The third kappa shape index (κ3) is 3.79. The number of likely N-dealkylation sites (tertiary alicyclic amines) is 1. The standard InChI is InChI=1S/C26H35N5O2/c1-30-22-14-18(2-3-20(22)24(29-30)21-4-5-23(32)28-25(21)33)17-8-12-31(13-9-17)19-6-10-26(11-7-19)15-27-16-26/h2-3,14,17,19,21,27H,4-13,15-16H2,1H3,(H,28,32,33). The van der Waals surface area contributed by atoms with Crippen LogP contribution in [0.2, 0.25) is 0 Å². The van der Waals surface area contributed by atoms with Crippen molar-refractivity contribution in [2.24, 2.45) is 12.5 Å². The summed E-state index contributed by atoms with van der Waals surface area (Å²) in [5.74, 6) is -0.154. The van der Waals surface area contributed by atoms with Crippen molar-refractivity contribution in [3.05, 3.63) is 29.5 Å². The molecule has 176 valence electrons. The molecule has 2 N–H and O–H groups in total. The molecule has 33 heavy (non-hydrogen) atoms. The molecule has 4 fully saturated rings. The number of benzene rings is 1. The smallest absolute Gasteiger partial charge is 0.235 e. The molecule has 7 heteroatoms. The second-order valence-electron chi connectivity index (χ2n) is 10.9. The van der Waals surface area contributed by atoms with Crippen molar-refractivity contribution in [2.45, 2.75) is 69.2 Å². The van der Waals surface area contributed by atoms with Crippen molar-refractivity contribution < 1.29 is 9.59 Å². The van der Waals surface area contributed by atoms with E-state index in [9.17, 15) is 9.59 Å². The molecule has 1 aliphatic carbocycles. The van der Waals surface area contributed by atoms with Gasteiger partial charge in [-0.2, -0.15) is 5.10 Å². The molecule has 3 aliphatic heterocycles. The Hall–Kier alpha value is -2.25. The van der Waals surface area contributed by atoms with E-state index < -0.39 is 0 Å². The molecule has 4 aliphatic rings. The van der Waals surface area contributed by atoms with E-state index in [1.54, 1.807) is 0 Å². The van der Waals surface area contributed by atoms with Gasteiger partial charge in [-0.05, 0) is 81.0 Å². The van der Waals surface area contributed by atoms with E-state index in [0.717, 1.165) is 22.6 Å².